The molecule has 0 heterocycles. The van der Waals surface area contributed by atoms with Gasteiger partial charge in [-0.3, -0.25) is 24.1 Å². The SMILES string of the molecule is CCC1CC2CCCC(C(=O)O[C@H]3[C@H]4C(=C(O)[C@]5(O)C(=O)C(C(N)=O)=C(O)[C@@H](N(C)C)[C@H]35)C(=O)c3c(O)cccc3[C@@H]4C)(C1)C2. The van der Waals surface area contributed by atoms with Gasteiger partial charge in [0.05, 0.1) is 22.9 Å². The molecule has 0 saturated heterocycles. The second-order valence-corrected chi connectivity index (χ2v) is 14.1. The van der Waals surface area contributed by atoms with E-state index in [0.29, 0.717) is 36.7 Å². The lowest BCUT2D eigenvalue weighted by molar-refractivity contribution is -0.193. The predicted molar refractivity (Wildman–Crippen MR) is 161 cm³/mol. The van der Waals surface area contributed by atoms with Crippen LogP contribution in [0.2, 0.25) is 0 Å². The van der Waals surface area contributed by atoms with Gasteiger partial charge in [-0.2, -0.15) is 0 Å². The molecule has 9 atom stereocenters. The molecule has 2 bridgehead atoms. The van der Waals surface area contributed by atoms with Crippen LogP contribution in [0.25, 0.3) is 0 Å². The first-order valence-corrected chi connectivity index (χ1v) is 15.9. The van der Waals surface area contributed by atoms with Crippen molar-refractivity contribution in [2.45, 2.75) is 82.5 Å². The Hall–Kier alpha value is -3.70. The molecule has 6 N–H and O–H groups in total. The third kappa shape index (κ3) is 4.30. The number of nitrogens with zero attached hydrogens (tertiary/aromatic N) is 1. The number of rotatable bonds is 5. The Morgan fingerprint density at radius 1 is 1.13 bits per heavy atom. The first-order valence-electron chi connectivity index (χ1n) is 15.9. The van der Waals surface area contributed by atoms with E-state index in [1.807, 2.05) is 0 Å². The number of aliphatic hydroxyl groups is 3. The fraction of sp³-hybridized carbons (Fsp3) is 0.588. The molecular formula is C34H42N2O9. The fourth-order valence-corrected chi connectivity index (χ4v) is 9.50. The number of primary amides is 1. The number of hydrogen-bond donors (Lipinski definition) is 5. The minimum absolute atomic E-state index is 0.0948. The number of hydrogen-bond acceptors (Lipinski definition) is 10. The average Bonchev–Trinajstić information content (AvgIpc) is 2.98. The molecule has 1 aromatic rings. The van der Waals surface area contributed by atoms with E-state index in [2.05, 4.69) is 6.92 Å². The zero-order chi connectivity index (χ0) is 32.7. The lowest BCUT2D eigenvalue weighted by Gasteiger charge is -2.55. The minimum Gasteiger partial charge on any atom is -0.510 e. The number of ether oxygens (including phenoxy) is 1. The van der Waals surface area contributed by atoms with Crippen molar-refractivity contribution in [3.05, 3.63) is 52.0 Å². The highest BCUT2D eigenvalue weighted by molar-refractivity contribution is 6.25. The van der Waals surface area contributed by atoms with E-state index in [0.717, 1.165) is 25.7 Å². The number of carbonyl (C=O) groups is 4. The number of amides is 1. The molecule has 11 heteroatoms. The Bertz CT molecular complexity index is 1560. The van der Waals surface area contributed by atoms with Crippen molar-refractivity contribution >= 4 is 23.4 Å². The lowest BCUT2D eigenvalue weighted by atomic mass is 9.55. The second-order valence-electron chi connectivity index (χ2n) is 14.1. The van der Waals surface area contributed by atoms with E-state index < -0.39 is 81.4 Å². The Morgan fingerprint density at radius 3 is 2.49 bits per heavy atom. The predicted octanol–water partition coefficient (Wildman–Crippen LogP) is 3.20. The zero-order valence-electron chi connectivity index (χ0n) is 26.1. The monoisotopic (exact) mass is 622 g/mol. The first kappa shape index (κ1) is 31.3. The van der Waals surface area contributed by atoms with Crippen LogP contribution in [0.4, 0.5) is 0 Å². The van der Waals surface area contributed by atoms with E-state index in [9.17, 15) is 39.6 Å². The maximum Gasteiger partial charge on any atom is 0.312 e. The van der Waals surface area contributed by atoms with Crippen LogP contribution in [0.15, 0.2) is 40.9 Å². The third-order valence-corrected chi connectivity index (χ3v) is 11.5. The van der Waals surface area contributed by atoms with Crippen molar-refractivity contribution in [3.63, 3.8) is 0 Å². The molecular weight excluding hydrogens is 580 g/mol. The van der Waals surface area contributed by atoms with Crippen molar-refractivity contribution in [2.24, 2.45) is 34.8 Å². The molecule has 11 nitrogen and oxygen atoms in total. The van der Waals surface area contributed by atoms with E-state index >= 15 is 0 Å². The van der Waals surface area contributed by atoms with E-state index in [1.54, 1.807) is 33.2 Å². The summed E-state index contributed by atoms with van der Waals surface area (Å²) in [6.07, 6.45) is 4.35. The van der Waals surface area contributed by atoms with E-state index in [-0.39, 0.29) is 16.9 Å². The highest BCUT2D eigenvalue weighted by atomic mass is 16.5. The van der Waals surface area contributed by atoms with Crippen LogP contribution in [0.5, 0.6) is 5.75 Å². The van der Waals surface area contributed by atoms with Crippen LogP contribution in [-0.4, -0.2) is 80.6 Å². The molecule has 0 aliphatic heterocycles. The van der Waals surface area contributed by atoms with Gasteiger partial charge in [0.1, 0.15) is 28.9 Å². The number of esters is 1. The van der Waals surface area contributed by atoms with Crippen LogP contribution in [-0.2, 0) is 19.1 Å². The van der Waals surface area contributed by atoms with Crippen molar-refractivity contribution in [3.8, 4) is 5.75 Å². The number of fused-ring (bicyclic) bond motifs is 5. The Kier molecular flexibility index (Phi) is 7.43. The molecule has 5 aliphatic carbocycles. The number of nitrogens with two attached hydrogens (primary N) is 1. The number of aliphatic hydroxyl groups excluding tert-OH is 2. The molecule has 1 amide bonds. The number of likely N-dealkylation sites (N-methyl/N-ethyl adjacent to an activating group) is 1. The normalized spacial score (nSPS) is 37.6. The maximum absolute atomic E-state index is 14.5. The van der Waals surface area contributed by atoms with Gasteiger partial charge in [-0.25, -0.2) is 0 Å². The zero-order valence-corrected chi connectivity index (χ0v) is 26.1. The molecule has 2 saturated carbocycles. The summed E-state index contributed by atoms with van der Waals surface area (Å²) in [6, 6.07) is 3.27. The molecule has 6 rings (SSSR count). The highest BCUT2D eigenvalue weighted by Gasteiger charge is 2.69. The summed E-state index contributed by atoms with van der Waals surface area (Å²) >= 11 is 0. The second kappa shape index (κ2) is 10.7. The third-order valence-electron chi connectivity index (χ3n) is 11.5. The first-order chi connectivity index (χ1) is 21.2. The van der Waals surface area contributed by atoms with Gasteiger partial charge in [-0.1, -0.05) is 45.2 Å². The topological polar surface area (TPSA) is 188 Å². The Balaban J connectivity index is 1.58. The number of carbonyl (C=O) groups excluding carboxylic acids is 4. The molecule has 0 spiro atoms. The van der Waals surface area contributed by atoms with Crippen LogP contribution < -0.4 is 5.73 Å². The smallest absolute Gasteiger partial charge is 0.312 e. The van der Waals surface area contributed by atoms with Gasteiger partial charge in [0, 0.05) is 11.5 Å². The number of phenolic OH excluding ortho intramolecular Hbond substituents is 1. The molecule has 45 heavy (non-hydrogen) atoms. The Labute approximate surface area is 261 Å². The van der Waals surface area contributed by atoms with Gasteiger partial charge in [-0.15, -0.1) is 0 Å². The highest BCUT2D eigenvalue weighted by Crippen LogP contribution is 2.58. The maximum atomic E-state index is 14.5. The molecule has 1 aromatic carbocycles. The van der Waals surface area contributed by atoms with Crippen molar-refractivity contribution in [1.82, 2.24) is 4.90 Å². The standard InChI is InChI=1S/C34H42N2O9/c1-5-16-12-17-8-7-11-33(13-16,14-17)32(43)45-28-20-15(2)18-9-6-10-19(37)21(18)26(38)22(20)29(40)34(44)24(28)25(36(3)4)27(39)23(30(34)41)31(35)42/h6,9-10,15-17,20,24-25,28,37,39-40,44H,5,7-8,11-14H2,1-4H3,(H2,35,42)/t15-,16?,17?,20+,24+,25-,28-,33?,34-/m0/s1. The Morgan fingerprint density at radius 2 is 1.84 bits per heavy atom. The van der Waals surface area contributed by atoms with Crippen LogP contribution >= 0.6 is 0 Å². The van der Waals surface area contributed by atoms with Crippen LogP contribution in [0.1, 0.15) is 80.6 Å². The number of aromatic hydroxyl groups is 1. The number of ketones is 2. The minimum atomic E-state index is -2.95. The summed E-state index contributed by atoms with van der Waals surface area (Å²) in [7, 11) is 3.09. The van der Waals surface area contributed by atoms with Gasteiger partial charge in [-0.05, 0) is 69.2 Å². The summed E-state index contributed by atoms with van der Waals surface area (Å²) in [5, 5.41) is 46.2. The van der Waals surface area contributed by atoms with Crippen molar-refractivity contribution in [1.29, 1.82) is 0 Å². The van der Waals surface area contributed by atoms with E-state index in [4.69, 9.17) is 10.5 Å². The molecule has 2 fully saturated rings. The van der Waals surface area contributed by atoms with E-state index in [1.165, 1.54) is 11.0 Å². The number of Topliss-reactive ketones (excluding diaryl/α,β-unsaturated/α-hetero) is 2. The number of phenols is 1. The molecule has 0 radical (unpaired) electrons. The van der Waals surface area contributed by atoms with Crippen molar-refractivity contribution in [2.75, 3.05) is 14.1 Å². The quantitative estimate of drug-likeness (QED) is 0.241. The largest absolute Gasteiger partial charge is 0.510 e. The van der Waals surface area contributed by atoms with Gasteiger partial charge >= 0.3 is 5.97 Å². The molecule has 3 unspecified atom stereocenters. The summed E-state index contributed by atoms with van der Waals surface area (Å²) in [4.78, 5) is 56.6. The molecule has 242 valence electrons. The van der Waals surface area contributed by atoms with Gasteiger partial charge < -0.3 is 30.9 Å². The summed E-state index contributed by atoms with van der Waals surface area (Å²) in [6.45, 7) is 3.87. The molecule has 5 aliphatic rings. The summed E-state index contributed by atoms with van der Waals surface area (Å²) in [5.41, 5.74) is 0.836. The number of benzene rings is 1. The van der Waals surface area contributed by atoms with Gasteiger partial charge in [0.2, 0.25) is 5.78 Å². The van der Waals surface area contributed by atoms with Gasteiger partial charge in [0.15, 0.2) is 11.4 Å². The van der Waals surface area contributed by atoms with Crippen LogP contribution in [0.3, 0.4) is 0 Å². The summed E-state index contributed by atoms with van der Waals surface area (Å²) < 4.78 is 6.50. The summed E-state index contributed by atoms with van der Waals surface area (Å²) in [5.74, 6) is -8.60. The van der Waals surface area contributed by atoms with Gasteiger partial charge in [0.25, 0.3) is 5.91 Å². The lowest BCUT2D eigenvalue weighted by Crippen LogP contribution is -2.69. The fourth-order valence-electron chi connectivity index (χ4n) is 9.50. The molecule has 0 aromatic heterocycles. The van der Waals surface area contributed by atoms with Crippen LogP contribution in [0, 0.1) is 29.1 Å². The van der Waals surface area contributed by atoms with Crippen molar-refractivity contribution < 1.29 is 44.3 Å². The average molecular weight is 623 g/mol.